The highest BCUT2D eigenvalue weighted by atomic mass is 35.5. The number of piperazine rings is 1. The van der Waals surface area contributed by atoms with Crippen LogP contribution in [0.25, 0.3) is 0 Å². The van der Waals surface area contributed by atoms with Crippen LogP contribution in [0.1, 0.15) is 18.5 Å². The standard InChI is InChI=1S/C17H26ClN3O2/c1-13-11-21(5-4-19-13)16(12-20-6-8-23-9-7-20)14-2-3-17(22)15(18)10-14/h2-3,10,13,16,19,22H,4-9,11-12H2,1H3. The number of phenolic OH excluding ortho intramolecular Hbond substituents is 1. The second-order valence-corrected chi connectivity index (χ2v) is 6.90. The number of rotatable bonds is 4. The largest absolute Gasteiger partial charge is 0.506 e. The second-order valence-electron chi connectivity index (χ2n) is 6.49. The Kier molecular flexibility index (Phi) is 5.77. The summed E-state index contributed by atoms with van der Waals surface area (Å²) < 4.78 is 5.46. The van der Waals surface area contributed by atoms with Crippen LogP contribution in [-0.2, 0) is 4.74 Å². The SMILES string of the molecule is CC1CN(C(CN2CCOCC2)c2ccc(O)c(Cl)c2)CCN1. The summed E-state index contributed by atoms with van der Waals surface area (Å²) in [5.74, 6) is 0.147. The molecule has 0 radical (unpaired) electrons. The van der Waals surface area contributed by atoms with E-state index in [1.807, 2.05) is 12.1 Å². The molecule has 0 aliphatic carbocycles. The van der Waals surface area contributed by atoms with Crippen molar-refractivity contribution in [3.63, 3.8) is 0 Å². The van der Waals surface area contributed by atoms with Crippen molar-refractivity contribution >= 4 is 11.6 Å². The molecule has 2 aliphatic rings. The third-order valence-corrected chi connectivity index (χ3v) is 5.04. The number of nitrogens with zero attached hydrogens (tertiary/aromatic N) is 2. The average Bonchev–Trinajstić information content (AvgIpc) is 2.56. The molecule has 2 fully saturated rings. The molecule has 0 spiro atoms. The van der Waals surface area contributed by atoms with Crippen LogP contribution < -0.4 is 5.32 Å². The molecule has 2 aliphatic heterocycles. The predicted octanol–water partition coefficient (Wildman–Crippen LogP) is 1.71. The summed E-state index contributed by atoms with van der Waals surface area (Å²) in [6, 6.07) is 6.39. The Balaban J connectivity index is 1.80. The quantitative estimate of drug-likeness (QED) is 0.874. The highest BCUT2D eigenvalue weighted by Gasteiger charge is 2.27. The molecule has 2 heterocycles. The van der Waals surface area contributed by atoms with Crippen LogP contribution in [0.15, 0.2) is 18.2 Å². The van der Waals surface area contributed by atoms with Gasteiger partial charge in [0.25, 0.3) is 0 Å². The van der Waals surface area contributed by atoms with Crippen LogP contribution in [0.3, 0.4) is 0 Å². The fourth-order valence-corrected chi connectivity index (χ4v) is 3.62. The topological polar surface area (TPSA) is 48.0 Å². The number of hydrogen-bond donors (Lipinski definition) is 2. The van der Waals surface area contributed by atoms with E-state index in [-0.39, 0.29) is 11.8 Å². The van der Waals surface area contributed by atoms with Gasteiger partial charge in [-0.3, -0.25) is 9.80 Å². The first-order valence-electron chi connectivity index (χ1n) is 8.39. The molecule has 2 saturated heterocycles. The van der Waals surface area contributed by atoms with Gasteiger partial charge < -0.3 is 15.2 Å². The van der Waals surface area contributed by atoms with Gasteiger partial charge in [0.1, 0.15) is 5.75 Å². The molecule has 0 saturated carbocycles. The minimum absolute atomic E-state index is 0.147. The Morgan fingerprint density at radius 3 is 2.83 bits per heavy atom. The highest BCUT2D eigenvalue weighted by Crippen LogP contribution is 2.30. The zero-order chi connectivity index (χ0) is 16.2. The Morgan fingerprint density at radius 2 is 2.13 bits per heavy atom. The lowest BCUT2D eigenvalue weighted by atomic mass is 10.0. The first-order valence-corrected chi connectivity index (χ1v) is 8.77. The molecular weight excluding hydrogens is 314 g/mol. The van der Waals surface area contributed by atoms with Gasteiger partial charge in [-0.05, 0) is 24.6 Å². The molecular formula is C17H26ClN3O2. The molecule has 3 rings (SSSR count). The van der Waals surface area contributed by atoms with Crippen molar-refractivity contribution in [3.8, 4) is 5.75 Å². The van der Waals surface area contributed by atoms with Gasteiger partial charge in [0, 0.05) is 51.4 Å². The number of aromatic hydroxyl groups is 1. The van der Waals surface area contributed by atoms with Crippen LogP contribution >= 0.6 is 11.6 Å². The summed E-state index contributed by atoms with van der Waals surface area (Å²) in [4.78, 5) is 4.99. The molecule has 2 atom stereocenters. The van der Waals surface area contributed by atoms with Gasteiger partial charge in [-0.15, -0.1) is 0 Å². The summed E-state index contributed by atoms with van der Waals surface area (Å²) in [5, 5.41) is 13.6. The van der Waals surface area contributed by atoms with E-state index >= 15 is 0 Å². The predicted molar refractivity (Wildman–Crippen MR) is 92.2 cm³/mol. The Labute approximate surface area is 143 Å². The van der Waals surface area contributed by atoms with E-state index in [4.69, 9.17) is 16.3 Å². The lowest BCUT2D eigenvalue weighted by Crippen LogP contribution is -2.52. The highest BCUT2D eigenvalue weighted by molar-refractivity contribution is 6.32. The number of benzene rings is 1. The normalized spacial score (nSPS) is 25.4. The first kappa shape index (κ1) is 17.0. The van der Waals surface area contributed by atoms with Gasteiger partial charge in [0.15, 0.2) is 0 Å². The van der Waals surface area contributed by atoms with E-state index in [0.717, 1.165) is 52.5 Å². The lowest BCUT2D eigenvalue weighted by molar-refractivity contribution is 0.0187. The fraction of sp³-hybridized carbons (Fsp3) is 0.647. The van der Waals surface area contributed by atoms with E-state index < -0.39 is 0 Å². The summed E-state index contributed by atoms with van der Waals surface area (Å²) >= 11 is 6.15. The van der Waals surface area contributed by atoms with Gasteiger partial charge >= 0.3 is 0 Å². The van der Waals surface area contributed by atoms with E-state index in [0.29, 0.717) is 11.1 Å². The van der Waals surface area contributed by atoms with Gasteiger partial charge in [-0.2, -0.15) is 0 Å². The van der Waals surface area contributed by atoms with Gasteiger partial charge in [0.2, 0.25) is 0 Å². The van der Waals surface area contributed by atoms with Crippen LogP contribution in [0, 0.1) is 0 Å². The molecule has 1 aromatic carbocycles. The van der Waals surface area contributed by atoms with E-state index in [9.17, 15) is 5.11 Å². The van der Waals surface area contributed by atoms with Crippen LogP contribution in [-0.4, -0.2) is 73.4 Å². The van der Waals surface area contributed by atoms with Crippen molar-refractivity contribution in [2.24, 2.45) is 0 Å². The number of morpholine rings is 1. The Hall–Kier alpha value is -0.850. The molecule has 5 nitrogen and oxygen atoms in total. The molecule has 128 valence electrons. The minimum atomic E-state index is 0.147. The van der Waals surface area contributed by atoms with Crippen LogP contribution in [0.2, 0.25) is 5.02 Å². The van der Waals surface area contributed by atoms with E-state index in [2.05, 4.69) is 22.0 Å². The molecule has 1 aromatic rings. The zero-order valence-corrected chi connectivity index (χ0v) is 14.4. The fourth-order valence-electron chi connectivity index (χ4n) is 3.44. The third-order valence-electron chi connectivity index (χ3n) is 4.73. The van der Waals surface area contributed by atoms with Gasteiger partial charge in [-0.1, -0.05) is 17.7 Å². The number of phenols is 1. The number of nitrogens with one attached hydrogen (secondary N) is 1. The maximum atomic E-state index is 9.72. The van der Waals surface area contributed by atoms with Crippen LogP contribution in [0.5, 0.6) is 5.75 Å². The summed E-state index contributed by atoms with van der Waals surface area (Å²) in [6.45, 7) is 9.81. The first-order chi connectivity index (χ1) is 11.1. The summed E-state index contributed by atoms with van der Waals surface area (Å²) in [5.41, 5.74) is 1.17. The molecule has 0 aromatic heterocycles. The number of halogens is 1. The summed E-state index contributed by atoms with van der Waals surface area (Å²) in [6.07, 6.45) is 0. The minimum Gasteiger partial charge on any atom is -0.506 e. The zero-order valence-electron chi connectivity index (χ0n) is 13.7. The molecule has 2 unspecified atom stereocenters. The smallest absolute Gasteiger partial charge is 0.134 e. The van der Waals surface area contributed by atoms with Crippen molar-refractivity contribution < 1.29 is 9.84 Å². The molecule has 6 heteroatoms. The van der Waals surface area contributed by atoms with Gasteiger partial charge in [-0.25, -0.2) is 0 Å². The van der Waals surface area contributed by atoms with Crippen molar-refractivity contribution in [1.82, 2.24) is 15.1 Å². The molecule has 2 N–H and O–H groups in total. The maximum absolute atomic E-state index is 9.72. The third kappa shape index (κ3) is 4.37. The Morgan fingerprint density at radius 1 is 1.35 bits per heavy atom. The number of hydrogen-bond acceptors (Lipinski definition) is 5. The van der Waals surface area contributed by atoms with E-state index in [1.54, 1.807) is 6.07 Å². The average molecular weight is 340 g/mol. The van der Waals surface area contributed by atoms with Crippen molar-refractivity contribution in [3.05, 3.63) is 28.8 Å². The molecule has 0 amide bonds. The summed E-state index contributed by atoms with van der Waals surface area (Å²) in [7, 11) is 0. The maximum Gasteiger partial charge on any atom is 0.134 e. The Bertz CT molecular complexity index is 523. The van der Waals surface area contributed by atoms with E-state index in [1.165, 1.54) is 5.56 Å². The number of ether oxygens (including phenoxy) is 1. The molecule has 23 heavy (non-hydrogen) atoms. The van der Waals surface area contributed by atoms with Crippen molar-refractivity contribution in [2.45, 2.75) is 19.0 Å². The van der Waals surface area contributed by atoms with Crippen molar-refractivity contribution in [1.29, 1.82) is 0 Å². The van der Waals surface area contributed by atoms with Gasteiger partial charge in [0.05, 0.1) is 18.2 Å². The van der Waals surface area contributed by atoms with Crippen LogP contribution in [0.4, 0.5) is 0 Å². The molecule has 0 bridgehead atoms. The monoisotopic (exact) mass is 339 g/mol. The van der Waals surface area contributed by atoms with Crippen molar-refractivity contribution in [2.75, 3.05) is 52.5 Å². The lowest BCUT2D eigenvalue weighted by Gasteiger charge is -2.41. The second kappa shape index (κ2) is 7.81.